The fourth-order valence-corrected chi connectivity index (χ4v) is 2.81. The van der Waals surface area contributed by atoms with E-state index in [4.69, 9.17) is 9.15 Å². The minimum Gasteiger partial charge on any atom is -0.484 e. The van der Waals surface area contributed by atoms with Crippen molar-refractivity contribution in [3.8, 4) is 5.75 Å². The van der Waals surface area contributed by atoms with Gasteiger partial charge in [-0.15, -0.1) is 0 Å². The molecule has 0 radical (unpaired) electrons. The molecule has 0 unspecified atom stereocenters. The predicted molar refractivity (Wildman–Crippen MR) is 123 cm³/mol. The third-order valence-electron chi connectivity index (χ3n) is 4.51. The van der Waals surface area contributed by atoms with Gasteiger partial charge in [-0.3, -0.25) is 14.4 Å². The van der Waals surface area contributed by atoms with Gasteiger partial charge in [-0.1, -0.05) is 25.1 Å². The van der Waals surface area contributed by atoms with E-state index >= 15 is 0 Å². The molecule has 0 saturated carbocycles. The lowest BCUT2D eigenvalue weighted by Gasteiger charge is -2.10. The molecule has 9 heteroatoms. The Kier molecular flexibility index (Phi) is 8.35. The highest BCUT2D eigenvalue weighted by Crippen LogP contribution is 2.16. The van der Waals surface area contributed by atoms with Crippen molar-refractivity contribution in [2.75, 3.05) is 11.9 Å². The lowest BCUT2D eigenvalue weighted by atomic mass is 10.1. The maximum absolute atomic E-state index is 12.2. The predicted octanol–water partition coefficient (Wildman–Crippen LogP) is 2.63. The Hall–Kier alpha value is -4.40. The van der Waals surface area contributed by atoms with Crippen molar-refractivity contribution < 1.29 is 23.5 Å². The second-order valence-electron chi connectivity index (χ2n) is 6.88. The van der Waals surface area contributed by atoms with Gasteiger partial charge in [-0.25, -0.2) is 5.43 Å². The van der Waals surface area contributed by atoms with Gasteiger partial charge in [0.05, 0.1) is 19.0 Å². The van der Waals surface area contributed by atoms with Crippen LogP contribution >= 0.6 is 0 Å². The summed E-state index contributed by atoms with van der Waals surface area (Å²) < 4.78 is 10.6. The summed E-state index contributed by atoms with van der Waals surface area (Å²) in [4.78, 5) is 35.6. The number of furan rings is 1. The molecule has 0 fully saturated rings. The van der Waals surface area contributed by atoms with Crippen LogP contribution in [0, 0.1) is 0 Å². The summed E-state index contributed by atoms with van der Waals surface area (Å²) in [6.07, 6.45) is 3.68. The van der Waals surface area contributed by atoms with Crippen LogP contribution in [-0.2, 0) is 27.3 Å². The summed E-state index contributed by atoms with van der Waals surface area (Å²) in [5.41, 5.74) is 4.65. The Morgan fingerprint density at radius 1 is 1.00 bits per heavy atom. The Morgan fingerprint density at radius 3 is 2.52 bits per heavy atom. The van der Waals surface area contributed by atoms with Gasteiger partial charge in [0.25, 0.3) is 5.91 Å². The molecule has 1 heterocycles. The highest BCUT2D eigenvalue weighted by molar-refractivity contribution is 6.35. The van der Waals surface area contributed by atoms with Crippen LogP contribution in [0.1, 0.15) is 23.8 Å². The van der Waals surface area contributed by atoms with Gasteiger partial charge >= 0.3 is 11.8 Å². The lowest BCUT2D eigenvalue weighted by molar-refractivity contribution is -0.139. The van der Waals surface area contributed by atoms with Crippen LogP contribution in [0.3, 0.4) is 0 Å². The first-order valence-electron chi connectivity index (χ1n) is 10.3. The molecule has 0 aliphatic carbocycles. The van der Waals surface area contributed by atoms with Gasteiger partial charge in [0, 0.05) is 5.69 Å². The fourth-order valence-electron chi connectivity index (χ4n) is 2.81. The van der Waals surface area contributed by atoms with E-state index in [1.54, 1.807) is 36.4 Å². The molecule has 3 N–H and O–H groups in total. The van der Waals surface area contributed by atoms with Crippen LogP contribution in [0.15, 0.2) is 76.4 Å². The van der Waals surface area contributed by atoms with Crippen molar-refractivity contribution in [1.82, 2.24) is 10.7 Å². The minimum atomic E-state index is -0.895. The number of amides is 3. The molecule has 0 saturated heterocycles. The molecule has 1 aromatic heterocycles. The van der Waals surface area contributed by atoms with Crippen LogP contribution in [-0.4, -0.2) is 30.5 Å². The normalized spacial score (nSPS) is 10.6. The van der Waals surface area contributed by atoms with E-state index in [2.05, 4.69) is 21.2 Å². The molecule has 0 bridgehead atoms. The van der Waals surface area contributed by atoms with E-state index in [1.807, 2.05) is 31.2 Å². The molecule has 0 atom stereocenters. The van der Waals surface area contributed by atoms with Gasteiger partial charge in [0.15, 0.2) is 6.61 Å². The highest BCUT2D eigenvalue weighted by Gasteiger charge is 2.12. The first-order valence-corrected chi connectivity index (χ1v) is 10.3. The number of nitrogens with zero attached hydrogens (tertiary/aromatic N) is 1. The largest absolute Gasteiger partial charge is 0.484 e. The highest BCUT2D eigenvalue weighted by atomic mass is 16.5. The number of anilines is 1. The van der Waals surface area contributed by atoms with Crippen molar-refractivity contribution in [3.05, 3.63) is 83.8 Å². The standard InChI is InChI=1S/C24H24N4O5/c1-2-18-6-3-4-8-21(18)27-22(29)16-33-19-11-9-17(10-12-19)14-26-28-24(31)23(30)25-15-20-7-5-13-32-20/h3-14H,2,15-16H2,1H3,(H,25,30)(H,27,29)(H,28,31)/b26-14-. The molecular weight excluding hydrogens is 424 g/mol. The number of hydrogen-bond acceptors (Lipinski definition) is 6. The molecule has 0 aliphatic rings. The minimum absolute atomic E-state index is 0.105. The lowest BCUT2D eigenvalue weighted by Crippen LogP contribution is -2.37. The molecule has 3 amide bonds. The molecule has 2 aromatic carbocycles. The van der Waals surface area contributed by atoms with Gasteiger partial charge in [0.2, 0.25) is 0 Å². The van der Waals surface area contributed by atoms with Crippen molar-refractivity contribution >= 4 is 29.6 Å². The van der Waals surface area contributed by atoms with E-state index in [1.165, 1.54) is 12.5 Å². The average Bonchev–Trinajstić information content (AvgIpc) is 3.36. The third-order valence-corrected chi connectivity index (χ3v) is 4.51. The Balaban J connectivity index is 1.41. The summed E-state index contributed by atoms with van der Waals surface area (Å²) in [5.74, 6) is -0.937. The zero-order valence-corrected chi connectivity index (χ0v) is 18.0. The summed E-state index contributed by atoms with van der Waals surface area (Å²) in [6.45, 7) is 2.00. The molecule has 170 valence electrons. The number of hydrogen-bond donors (Lipinski definition) is 3. The van der Waals surface area contributed by atoms with Gasteiger partial charge in [-0.2, -0.15) is 5.10 Å². The molecule has 33 heavy (non-hydrogen) atoms. The van der Waals surface area contributed by atoms with Gasteiger partial charge < -0.3 is 19.8 Å². The van der Waals surface area contributed by atoms with Crippen LogP contribution < -0.4 is 20.8 Å². The van der Waals surface area contributed by atoms with Crippen LogP contribution in [0.5, 0.6) is 5.75 Å². The van der Waals surface area contributed by atoms with Crippen LogP contribution in [0.25, 0.3) is 0 Å². The van der Waals surface area contributed by atoms with Crippen molar-refractivity contribution in [3.63, 3.8) is 0 Å². The number of ether oxygens (including phenoxy) is 1. The molecular formula is C24H24N4O5. The van der Waals surface area contributed by atoms with E-state index < -0.39 is 11.8 Å². The number of rotatable bonds is 9. The van der Waals surface area contributed by atoms with Gasteiger partial charge in [-0.05, 0) is 60.0 Å². The summed E-state index contributed by atoms with van der Waals surface area (Å²) in [7, 11) is 0. The molecule has 0 aliphatic heterocycles. The van der Waals surface area contributed by atoms with E-state index in [9.17, 15) is 14.4 Å². The van der Waals surface area contributed by atoms with Crippen molar-refractivity contribution in [2.45, 2.75) is 19.9 Å². The number of aryl methyl sites for hydroxylation is 1. The number of hydrazone groups is 1. The Morgan fingerprint density at radius 2 is 1.79 bits per heavy atom. The first kappa shape index (κ1) is 23.3. The maximum Gasteiger partial charge on any atom is 0.329 e. The van der Waals surface area contributed by atoms with E-state index in [-0.39, 0.29) is 19.1 Å². The molecule has 0 spiro atoms. The number of carbonyl (C=O) groups is 3. The van der Waals surface area contributed by atoms with Crippen molar-refractivity contribution in [1.29, 1.82) is 0 Å². The molecule has 3 rings (SSSR count). The number of nitrogens with one attached hydrogen (secondary N) is 3. The second kappa shape index (κ2) is 11.8. The maximum atomic E-state index is 12.2. The quantitative estimate of drug-likeness (QED) is 0.264. The summed E-state index contributed by atoms with van der Waals surface area (Å²) in [5, 5.41) is 9.02. The first-order chi connectivity index (χ1) is 16.0. The topological polar surface area (TPSA) is 122 Å². The fraction of sp³-hybridized carbons (Fsp3) is 0.167. The molecule has 3 aromatic rings. The summed E-state index contributed by atoms with van der Waals surface area (Å²) >= 11 is 0. The second-order valence-corrected chi connectivity index (χ2v) is 6.88. The third kappa shape index (κ3) is 7.35. The summed E-state index contributed by atoms with van der Waals surface area (Å²) in [6, 6.07) is 17.7. The monoisotopic (exact) mass is 448 g/mol. The molecule has 9 nitrogen and oxygen atoms in total. The Bertz CT molecular complexity index is 1110. The number of para-hydroxylation sites is 1. The van der Waals surface area contributed by atoms with E-state index in [0.29, 0.717) is 17.1 Å². The number of benzene rings is 2. The number of carbonyl (C=O) groups excluding carboxylic acids is 3. The van der Waals surface area contributed by atoms with Crippen LogP contribution in [0.4, 0.5) is 5.69 Å². The zero-order chi connectivity index (χ0) is 23.5. The zero-order valence-electron chi connectivity index (χ0n) is 18.0. The van der Waals surface area contributed by atoms with Gasteiger partial charge in [0.1, 0.15) is 11.5 Å². The average molecular weight is 448 g/mol. The van der Waals surface area contributed by atoms with Crippen molar-refractivity contribution in [2.24, 2.45) is 5.10 Å². The Labute approximate surface area is 190 Å². The SMILES string of the molecule is CCc1ccccc1NC(=O)COc1ccc(/C=N\NC(=O)C(=O)NCc2ccco2)cc1. The smallest absolute Gasteiger partial charge is 0.329 e. The van der Waals surface area contributed by atoms with E-state index in [0.717, 1.165) is 17.7 Å². The van der Waals surface area contributed by atoms with Crippen LogP contribution in [0.2, 0.25) is 0 Å².